The minimum atomic E-state index is -1.67. The predicted molar refractivity (Wildman–Crippen MR) is 104 cm³/mol. The number of hydrogen-bond donors (Lipinski definition) is 2. The van der Waals surface area contributed by atoms with Crippen molar-refractivity contribution in [2.24, 2.45) is 0 Å². The Labute approximate surface area is 165 Å². The first kappa shape index (κ1) is 18.1. The maximum atomic E-state index is 12.2. The molecule has 1 aliphatic carbocycles. The van der Waals surface area contributed by atoms with Crippen LogP contribution in [0.25, 0.3) is 33.4 Å². The van der Waals surface area contributed by atoms with Crippen LogP contribution in [-0.2, 0) is 3.74 Å². The number of carboxylic acid groups (broad SMARTS) is 1. The third-order valence-corrected chi connectivity index (χ3v) is 6.00. The molecule has 6 nitrogen and oxygen atoms in total. The zero-order valence-corrected chi connectivity index (χ0v) is 16.5. The summed E-state index contributed by atoms with van der Waals surface area (Å²) in [6.45, 7) is 1.66. The zero-order chi connectivity index (χ0) is 20.0. The van der Waals surface area contributed by atoms with E-state index >= 15 is 0 Å². The van der Waals surface area contributed by atoms with E-state index in [1.807, 2.05) is 0 Å². The molecule has 0 radical (unpaired) electrons. The summed E-state index contributed by atoms with van der Waals surface area (Å²) in [5, 5.41) is 20.3. The monoisotopic (exact) mass is 436 g/mol. The Morgan fingerprint density at radius 1 is 1.04 bits per heavy atom. The van der Waals surface area contributed by atoms with Crippen LogP contribution in [0.3, 0.4) is 0 Å². The van der Waals surface area contributed by atoms with Crippen molar-refractivity contribution in [1.29, 1.82) is 0 Å². The van der Waals surface area contributed by atoms with Crippen molar-refractivity contribution < 1.29 is 23.2 Å². The van der Waals surface area contributed by atoms with E-state index in [4.69, 9.17) is 4.42 Å². The molecule has 2 aliphatic rings. The molecule has 0 bridgehead atoms. The van der Waals surface area contributed by atoms with E-state index in [1.165, 1.54) is 18.2 Å². The van der Waals surface area contributed by atoms with E-state index in [1.54, 1.807) is 37.3 Å². The second kappa shape index (κ2) is 6.73. The third kappa shape index (κ3) is 2.65. The Kier molecular flexibility index (Phi) is 4.36. The number of fused-ring (bicyclic) bond motifs is 2. The van der Waals surface area contributed by atoms with Crippen molar-refractivity contribution in [3.63, 3.8) is 0 Å². The average Bonchev–Trinajstić information content (AvgIpc) is 2.69. The number of carbonyl (C=O) groups is 1. The van der Waals surface area contributed by atoms with Crippen molar-refractivity contribution in [2.45, 2.75) is 6.92 Å². The maximum absolute atomic E-state index is 12.2. The molecule has 28 heavy (non-hydrogen) atoms. The minimum absolute atomic E-state index is 0.00304. The Hall–Kier alpha value is -3.24. The molecule has 2 aromatic carbocycles. The van der Waals surface area contributed by atoms with Crippen molar-refractivity contribution in [2.75, 3.05) is 0 Å². The van der Waals surface area contributed by atoms with Gasteiger partial charge in [-0.1, -0.05) is 0 Å². The van der Waals surface area contributed by atoms with Gasteiger partial charge in [0.15, 0.2) is 0 Å². The fourth-order valence-corrected chi connectivity index (χ4v) is 4.24. The van der Waals surface area contributed by atoms with Crippen LogP contribution in [-0.4, -0.2) is 31.9 Å². The molecule has 1 heterocycles. The molecule has 138 valence electrons. The van der Waals surface area contributed by atoms with Gasteiger partial charge in [-0.15, -0.1) is 0 Å². The van der Waals surface area contributed by atoms with Gasteiger partial charge < -0.3 is 0 Å². The van der Waals surface area contributed by atoms with Gasteiger partial charge in [-0.25, -0.2) is 0 Å². The second-order valence-electron chi connectivity index (χ2n) is 6.29. The Bertz CT molecular complexity index is 1300. The molecule has 0 atom stereocenters. The predicted octanol–water partition coefficient (Wildman–Crippen LogP) is 2.95. The number of phenolic OH excluding ortho intramolecular Hbond substituents is 1. The number of carboxylic acids is 1. The van der Waals surface area contributed by atoms with Crippen molar-refractivity contribution in [3.05, 3.63) is 69.9 Å². The molecule has 7 heteroatoms. The summed E-state index contributed by atoms with van der Waals surface area (Å²) >= 11 is -1.67. The zero-order valence-electron chi connectivity index (χ0n) is 14.6. The normalized spacial score (nSPS) is 11.3. The number of aromatic carboxylic acids is 1. The van der Waals surface area contributed by atoms with Gasteiger partial charge in [0.2, 0.25) is 0 Å². The summed E-state index contributed by atoms with van der Waals surface area (Å²) in [6, 6.07) is 12.5. The van der Waals surface area contributed by atoms with Gasteiger partial charge in [-0.3, -0.25) is 0 Å². The van der Waals surface area contributed by atoms with Crippen molar-refractivity contribution in [3.8, 4) is 28.2 Å². The number of hydrogen-bond acceptors (Lipinski definition) is 5. The van der Waals surface area contributed by atoms with Crippen LogP contribution in [0.2, 0.25) is 0 Å². The van der Waals surface area contributed by atoms with E-state index in [0.29, 0.717) is 33.2 Å². The first-order valence-corrected chi connectivity index (χ1v) is 10.0. The molecule has 1 aliphatic heterocycles. The van der Waals surface area contributed by atoms with Gasteiger partial charge in [0.25, 0.3) is 0 Å². The molecule has 2 N–H and O–H groups in total. The van der Waals surface area contributed by atoms with Crippen LogP contribution in [0.5, 0.6) is 5.75 Å². The summed E-state index contributed by atoms with van der Waals surface area (Å²) in [5.74, 6) is -0.939. The molecule has 2 aromatic rings. The third-order valence-electron chi connectivity index (χ3n) is 4.73. The molecular weight excluding hydrogens is 423 g/mol. The summed E-state index contributed by atoms with van der Waals surface area (Å²) in [6.07, 6.45) is 0. The van der Waals surface area contributed by atoms with Crippen molar-refractivity contribution >= 4 is 37.0 Å². The van der Waals surface area contributed by atoms with Crippen LogP contribution >= 0.6 is 0 Å². The van der Waals surface area contributed by atoms with Crippen LogP contribution in [0.15, 0.2) is 57.7 Å². The summed E-state index contributed by atoms with van der Waals surface area (Å²) in [5.41, 5.74) is 1.92. The van der Waals surface area contributed by atoms with Crippen LogP contribution in [0, 0.1) is 6.92 Å². The molecule has 0 fully saturated rings. The molecule has 0 amide bonds. The summed E-state index contributed by atoms with van der Waals surface area (Å²) in [7, 11) is 0. The van der Waals surface area contributed by atoms with Crippen molar-refractivity contribution in [1.82, 2.24) is 0 Å². The number of aromatic hydroxyl groups is 1. The van der Waals surface area contributed by atoms with E-state index in [0.717, 1.165) is 0 Å². The number of aryl methyl sites for hydroxylation is 1. The molecule has 0 unspecified atom stereocenters. The molecule has 0 saturated heterocycles. The Morgan fingerprint density at radius 2 is 1.79 bits per heavy atom. The summed E-state index contributed by atoms with van der Waals surface area (Å²) < 4.78 is 17.8. The fraction of sp³-hybridized carbons (Fsp3) is 0.0476. The number of rotatable bonds is 3. The fourth-order valence-electron chi connectivity index (χ4n) is 3.37. The average molecular weight is 436 g/mol. The summed E-state index contributed by atoms with van der Waals surface area (Å²) in [4.78, 5) is 24.0. The first-order valence-electron chi connectivity index (χ1n) is 8.32. The first-order chi connectivity index (χ1) is 13.4. The molecule has 4 rings (SSSR count). The van der Waals surface area contributed by atoms with Gasteiger partial charge in [-0.2, -0.15) is 0 Å². The number of benzene rings is 3. The van der Waals surface area contributed by atoms with Gasteiger partial charge in [0.05, 0.1) is 0 Å². The quantitative estimate of drug-likeness (QED) is 0.378. The van der Waals surface area contributed by atoms with E-state index in [9.17, 15) is 23.5 Å². The van der Waals surface area contributed by atoms with E-state index in [-0.39, 0.29) is 21.4 Å². The van der Waals surface area contributed by atoms with Gasteiger partial charge >= 0.3 is 165 Å². The van der Waals surface area contributed by atoms with E-state index in [2.05, 4.69) is 0 Å². The Morgan fingerprint density at radius 3 is 2.50 bits per heavy atom. The van der Waals surface area contributed by atoms with Gasteiger partial charge in [0, 0.05) is 0 Å². The van der Waals surface area contributed by atoms with Gasteiger partial charge in [0.1, 0.15) is 0 Å². The number of phenols is 1. The van der Waals surface area contributed by atoms with Crippen LogP contribution < -0.4 is 9.78 Å². The second-order valence-corrected chi connectivity index (χ2v) is 7.62. The molecular formula is C21H13AsO6. The Balaban J connectivity index is 2.30. The topological polar surface area (TPSA) is 105 Å². The van der Waals surface area contributed by atoms with E-state index < -0.39 is 27.1 Å². The standard InChI is InChI=1S/C21H13AsO6/c1-10-15(23)8-6-13-17(11-4-2-3-5-12(11)21(25)26)14-7-9-16(24)18(22-27)20(14)28-19(10)13/h2-9,23H,1H3,(H,25,26). The van der Waals surface area contributed by atoms with Crippen LogP contribution in [0.4, 0.5) is 0 Å². The molecule has 0 spiro atoms. The SMILES string of the molecule is Cc1c(O)ccc2c(-c3ccccc3C(=O)O)c3ccc(=O)c([As]=O)c-3oc12. The molecule has 0 aromatic heterocycles. The molecule has 0 saturated carbocycles. The van der Waals surface area contributed by atoms with Gasteiger partial charge in [-0.05, 0) is 0 Å². The van der Waals surface area contributed by atoms with Crippen LogP contribution in [0.1, 0.15) is 15.9 Å².